The van der Waals surface area contributed by atoms with Crippen molar-refractivity contribution in [3.63, 3.8) is 0 Å². The van der Waals surface area contributed by atoms with Crippen LogP contribution in [0.3, 0.4) is 0 Å². The lowest BCUT2D eigenvalue weighted by molar-refractivity contribution is 0.0773. The van der Waals surface area contributed by atoms with Crippen LogP contribution in [0.1, 0.15) is 29.8 Å². The fourth-order valence-electron chi connectivity index (χ4n) is 2.83. The van der Waals surface area contributed by atoms with E-state index in [0.29, 0.717) is 24.5 Å². The summed E-state index contributed by atoms with van der Waals surface area (Å²) in [6.45, 7) is 5.12. The van der Waals surface area contributed by atoms with Gasteiger partial charge in [-0.25, -0.2) is 22.8 Å². The molecule has 0 saturated heterocycles. The number of amides is 1. The minimum absolute atomic E-state index is 0.106. The molecule has 1 aromatic carbocycles. The average Bonchev–Trinajstić information content (AvgIpc) is 3.28. The van der Waals surface area contributed by atoms with Crippen LogP contribution in [0, 0.1) is 0 Å². The van der Waals surface area contributed by atoms with Crippen LogP contribution in [0.15, 0.2) is 66.0 Å². The molecule has 1 N–H and O–H groups in total. The summed E-state index contributed by atoms with van der Waals surface area (Å²) in [6.07, 6.45) is 5.01. The second-order valence-corrected chi connectivity index (χ2v) is 8.07. The Hall–Kier alpha value is -3.04. The summed E-state index contributed by atoms with van der Waals surface area (Å²) in [6, 6.07) is 11.3. The van der Waals surface area contributed by atoms with Gasteiger partial charge in [-0.2, -0.15) is 5.10 Å². The van der Waals surface area contributed by atoms with Crippen LogP contribution in [0.2, 0.25) is 0 Å². The van der Waals surface area contributed by atoms with Gasteiger partial charge in [-0.1, -0.05) is 0 Å². The Morgan fingerprint density at radius 3 is 2.45 bits per heavy atom. The number of hydrogen-bond donors (Lipinski definition) is 1. The molecule has 3 aromatic rings. The second kappa shape index (κ2) is 8.97. The monoisotopic (exact) mass is 413 g/mol. The Balaban J connectivity index is 1.70. The van der Waals surface area contributed by atoms with Gasteiger partial charge in [0.2, 0.25) is 10.0 Å². The lowest BCUT2D eigenvalue weighted by Gasteiger charge is -2.18. The lowest BCUT2D eigenvalue weighted by atomic mass is 10.2. The predicted molar refractivity (Wildman–Crippen MR) is 109 cm³/mol. The van der Waals surface area contributed by atoms with E-state index < -0.39 is 10.0 Å². The lowest BCUT2D eigenvalue weighted by Crippen LogP contribution is -2.30. The van der Waals surface area contributed by atoms with Gasteiger partial charge in [0, 0.05) is 43.8 Å². The van der Waals surface area contributed by atoms with E-state index in [-0.39, 0.29) is 17.3 Å². The Morgan fingerprint density at radius 2 is 1.83 bits per heavy atom. The zero-order valence-corrected chi connectivity index (χ0v) is 17.1. The largest absolute Gasteiger partial charge is 0.339 e. The number of rotatable bonds is 8. The number of aromatic nitrogens is 3. The molecular formula is C20H23N5O3S. The van der Waals surface area contributed by atoms with E-state index in [1.165, 1.54) is 24.3 Å². The van der Waals surface area contributed by atoms with Gasteiger partial charge in [-0.3, -0.25) is 4.79 Å². The first-order chi connectivity index (χ1) is 13.9. The van der Waals surface area contributed by atoms with Crippen molar-refractivity contribution in [2.45, 2.75) is 25.3 Å². The maximum Gasteiger partial charge on any atom is 0.253 e. The first kappa shape index (κ1) is 20.7. The molecule has 2 aromatic heterocycles. The zero-order chi connectivity index (χ0) is 20.9. The number of carbonyl (C=O) groups is 1. The molecule has 2 heterocycles. The maximum absolute atomic E-state index is 12.6. The van der Waals surface area contributed by atoms with Gasteiger partial charge in [0.25, 0.3) is 5.91 Å². The van der Waals surface area contributed by atoms with Gasteiger partial charge in [0.05, 0.1) is 4.90 Å². The van der Waals surface area contributed by atoms with Crippen molar-refractivity contribution in [3.8, 4) is 5.82 Å². The van der Waals surface area contributed by atoms with Crippen LogP contribution >= 0.6 is 0 Å². The van der Waals surface area contributed by atoms with E-state index in [1.807, 2.05) is 13.8 Å². The van der Waals surface area contributed by atoms with E-state index >= 15 is 0 Å². The van der Waals surface area contributed by atoms with E-state index in [1.54, 1.807) is 46.4 Å². The highest BCUT2D eigenvalue weighted by atomic mass is 32.2. The summed E-state index contributed by atoms with van der Waals surface area (Å²) >= 11 is 0. The number of benzene rings is 1. The van der Waals surface area contributed by atoms with Crippen molar-refractivity contribution in [1.29, 1.82) is 0 Å². The number of hydrogen-bond acceptors (Lipinski definition) is 5. The Kier molecular flexibility index (Phi) is 6.40. The highest BCUT2D eigenvalue weighted by Gasteiger charge is 2.17. The van der Waals surface area contributed by atoms with Crippen molar-refractivity contribution in [1.82, 2.24) is 24.4 Å². The summed E-state index contributed by atoms with van der Waals surface area (Å²) in [7, 11) is -3.72. The highest BCUT2D eigenvalue weighted by molar-refractivity contribution is 7.89. The highest BCUT2D eigenvalue weighted by Crippen LogP contribution is 2.14. The van der Waals surface area contributed by atoms with Gasteiger partial charge in [0.15, 0.2) is 5.82 Å². The molecule has 29 heavy (non-hydrogen) atoms. The molecule has 0 radical (unpaired) electrons. The minimum atomic E-state index is -3.72. The molecule has 0 aliphatic heterocycles. The third-order valence-electron chi connectivity index (χ3n) is 4.48. The van der Waals surface area contributed by atoms with Gasteiger partial charge >= 0.3 is 0 Å². The molecule has 0 unspecified atom stereocenters. The van der Waals surface area contributed by atoms with Crippen LogP contribution in [0.4, 0.5) is 0 Å². The van der Waals surface area contributed by atoms with E-state index in [0.717, 1.165) is 5.56 Å². The summed E-state index contributed by atoms with van der Waals surface area (Å²) in [5.41, 5.74) is 1.22. The molecule has 0 aliphatic rings. The molecule has 0 atom stereocenters. The van der Waals surface area contributed by atoms with Crippen LogP contribution in [0.5, 0.6) is 0 Å². The van der Waals surface area contributed by atoms with Gasteiger partial charge in [-0.05, 0) is 61.9 Å². The third-order valence-corrected chi connectivity index (χ3v) is 5.89. The molecule has 9 heteroatoms. The number of carbonyl (C=O) groups excluding carboxylic acids is 1. The van der Waals surface area contributed by atoms with Crippen molar-refractivity contribution < 1.29 is 13.2 Å². The molecule has 152 valence electrons. The third kappa shape index (κ3) is 4.87. The predicted octanol–water partition coefficient (Wildman–Crippen LogP) is 2.23. The number of pyridine rings is 1. The minimum Gasteiger partial charge on any atom is -0.339 e. The smallest absolute Gasteiger partial charge is 0.253 e. The molecule has 0 aliphatic carbocycles. The molecule has 0 bridgehead atoms. The van der Waals surface area contributed by atoms with Gasteiger partial charge in [-0.15, -0.1) is 0 Å². The fourth-order valence-corrected chi connectivity index (χ4v) is 3.85. The maximum atomic E-state index is 12.6. The van der Waals surface area contributed by atoms with Crippen LogP contribution < -0.4 is 4.72 Å². The normalized spacial score (nSPS) is 11.4. The van der Waals surface area contributed by atoms with Crippen molar-refractivity contribution in [3.05, 3.63) is 72.2 Å². The number of nitrogens with zero attached hydrogens (tertiary/aromatic N) is 4. The van der Waals surface area contributed by atoms with Crippen molar-refractivity contribution in [2.24, 2.45) is 0 Å². The van der Waals surface area contributed by atoms with E-state index in [2.05, 4.69) is 14.8 Å². The summed E-state index contributed by atoms with van der Waals surface area (Å²) in [5.74, 6) is 0.487. The quantitative estimate of drug-likeness (QED) is 0.611. The second-order valence-electron chi connectivity index (χ2n) is 6.30. The van der Waals surface area contributed by atoms with E-state index in [4.69, 9.17) is 0 Å². The fraction of sp³-hybridized carbons (Fsp3) is 0.250. The Labute approximate surface area is 170 Å². The van der Waals surface area contributed by atoms with Crippen LogP contribution in [-0.2, 0) is 16.6 Å². The van der Waals surface area contributed by atoms with Crippen molar-refractivity contribution >= 4 is 15.9 Å². The summed E-state index contributed by atoms with van der Waals surface area (Å²) in [5, 5.41) is 4.12. The molecule has 1 amide bonds. The average molecular weight is 414 g/mol. The van der Waals surface area contributed by atoms with Gasteiger partial charge in [0.1, 0.15) is 0 Å². The van der Waals surface area contributed by atoms with Crippen LogP contribution in [-0.4, -0.2) is 47.1 Å². The molecule has 0 spiro atoms. The number of sulfonamides is 1. The standard InChI is InChI=1S/C20H23N5O3S/c1-3-24(4-2)20(26)17-6-8-18(9-7-17)29(27,28)23-15-16-10-12-21-19(14-16)25-13-5-11-22-25/h5-14,23H,3-4,15H2,1-2H3. The molecule has 0 saturated carbocycles. The van der Waals surface area contributed by atoms with Crippen LogP contribution in [0.25, 0.3) is 5.82 Å². The summed E-state index contributed by atoms with van der Waals surface area (Å²) in [4.78, 5) is 18.4. The molecule has 3 rings (SSSR count). The first-order valence-corrected chi connectivity index (χ1v) is 10.8. The summed E-state index contributed by atoms with van der Waals surface area (Å²) < 4.78 is 29.4. The SMILES string of the molecule is CCN(CC)C(=O)c1ccc(S(=O)(=O)NCc2ccnc(-n3cccn3)c2)cc1. The van der Waals surface area contributed by atoms with Crippen molar-refractivity contribution in [2.75, 3.05) is 13.1 Å². The number of nitrogens with one attached hydrogen (secondary N) is 1. The van der Waals surface area contributed by atoms with E-state index in [9.17, 15) is 13.2 Å². The molecular weight excluding hydrogens is 390 g/mol. The first-order valence-electron chi connectivity index (χ1n) is 9.28. The molecule has 8 nitrogen and oxygen atoms in total. The topological polar surface area (TPSA) is 97.2 Å². The zero-order valence-electron chi connectivity index (χ0n) is 16.3. The van der Waals surface area contributed by atoms with Gasteiger partial charge < -0.3 is 4.90 Å². The Morgan fingerprint density at radius 1 is 1.10 bits per heavy atom. The molecule has 0 fully saturated rings. The Bertz CT molecular complexity index is 1060.